The molecule has 116 valence electrons. The van der Waals surface area contributed by atoms with Crippen molar-refractivity contribution in [3.63, 3.8) is 0 Å². The first-order valence-corrected chi connectivity index (χ1v) is 7.40. The lowest BCUT2D eigenvalue weighted by Crippen LogP contribution is -2.26. The maximum atomic E-state index is 12.7. The zero-order valence-corrected chi connectivity index (χ0v) is 13.0. The summed E-state index contributed by atoms with van der Waals surface area (Å²) < 4.78 is 5.69. The molecule has 0 radical (unpaired) electrons. The lowest BCUT2D eigenvalue weighted by atomic mass is 9.88. The van der Waals surface area contributed by atoms with Gasteiger partial charge in [0.1, 0.15) is 12.4 Å². The van der Waals surface area contributed by atoms with Crippen molar-refractivity contribution in [1.82, 2.24) is 0 Å². The zero-order valence-electron chi connectivity index (χ0n) is 13.0. The molecule has 2 aromatic carbocycles. The summed E-state index contributed by atoms with van der Waals surface area (Å²) in [7, 11) is 0. The molecule has 1 aliphatic heterocycles. The van der Waals surface area contributed by atoms with Crippen molar-refractivity contribution in [3.8, 4) is 5.75 Å². The van der Waals surface area contributed by atoms with Crippen molar-refractivity contribution < 1.29 is 19.1 Å². The molecule has 0 saturated carbocycles. The maximum Gasteiger partial charge on any atom is 0.177 e. The molecule has 1 unspecified atom stereocenters. The predicted molar refractivity (Wildman–Crippen MR) is 85.5 cm³/mol. The lowest BCUT2D eigenvalue weighted by Gasteiger charge is -2.24. The second-order valence-corrected chi connectivity index (χ2v) is 5.67. The van der Waals surface area contributed by atoms with E-state index in [0.717, 1.165) is 5.56 Å². The van der Waals surface area contributed by atoms with Gasteiger partial charge in [0.15, 0.2) is 17.3 Å². The number of ether oxygens (including phenoxy) is 1. The average Bonchev–Trinajstić information content (AvgIpc) is 2.55. The standard InChI is InChI=1S/C19H16O4/c1-11(20)13-3-5-14(6-4-13)17-10-23-18-9-15(12(2)21)7-8-16(18)19(17)22/h3-9,17H,10H2,1-2H3. The first kappa shape index (κ1) is 15.2. The van der Waals surface area contributed by atoms with Crippen molar-refractivity contribution in [3.05, 3.63) is 64.7 Å². The van der Waals surface area contributed by atoms with Crippen molar-refractivity contribution >= 4 is 17.3 Å². The Kier molecular flexibility index (Phi) is 3.82. The van der Waals surface area contributed by atoms with Crippen LogP contribution in [-0.4, -0.2) is 24.0 Å². The Labute approximate surface area is 134 Å². The fourth-order valence-corrected chi connectivity index (χ4v) is 2.70. The second-order valence-electron chi connectivity index (χ2n) is 5.67. The zero-order chi connectivity index (χ0) is 16.6. The van der Waals surface area contributed by atoms with Crippen LogP contribution in [0.5, 0.6) is 5.75 Å². The first-order chi connectivity index (χ1) is 11.0. The molecule has 1 heterocycles. The van der Waals surface area contributed by atoms with Gasteiger partial charge < -0.3 is 4.74 Å². The van der Waals surface area contributed by atoms with Crippen LogP contribution >= 0.6 is 0 Å². The van der Waals surface area contributed by atoms with Crippen LogP contribution < -0.4 is 4.74 Å². The monoisotopic (exact) mass is 308 g/mol. The molecule has 1 atom stereocenters. The smallest absolute Gasteiger partial charge is 0.177 e. The highest BCUT2D eigenvalue weighted by molar-refractivity contribution is 6.05. The van der Waals surface area contributed by atoms with E-state index in [1.807, 2.05) is 0 Å². The van der Waals surface area contributed by atoms with Crippen LogP contribution in [0.1, 0.15) is 56.4 Å². The molecule has 1 aliphatic rings. The van der Waals surface area contributed by atoms with Gasteiger partial charge in [-0.1, -0.05) is 30.3 Å². The van der Waals surface area contributed by atoms with Gasteiger partial charge in [0.25, 0.3) is 0 Å². The highest BCUT2D eigenvalue weighted by atomic mass is 16.5. The van der Waals surface area contributed by atoms with Gasteiger partial charge in [-0.15, -0.1) is 0 Å². The van der Waals surface area contributed by atoms with Crippen molar-refractivity contribution in [2.45, 2.75) is 19.8 Å². The molecule has 0 aromatic heterocycles. The number of fused-ring (bicyclic) bond motifs is 1. The van der Waals surface area contributed by atoms with Crippen molar-refractivity contribution in [1.29, 1.82) is 0 Å². The molecular weight excluding hydrogens is 292 g/mol. The summed E-state index contributed by atoms with van der Waals surface area (Å²) in [4.78, 5) is 35.4. The van der Waals surface area contributed by atoms with E-state index in [4.69, 9.17) is 4.74 Å². The minimum Gasteiger partial charge on any atom is -0.492 e. The molecule has 0 spiro atoms. The van der Waals surface area contributed by atoms with E-state index in [1.165, 1.54) is 13.8 Å². The van der Waals surface area contributed by atoms with E-state index in [1.54, 1.807) is 42.5 Å². The summed E-state index contributed by atoms with van der Waals surface area (Å²) in [6, 6.07) is 11.9. The first-order valence-electron chi connectivity index (χ1n) is 7.40. The van der Waals surface area contributed by atoms with Gasteiger partial charge in [-0.05, 0) is 31.5 Å². The number of Topliss-reactive ketones (excluding diaryl/α,β-unsaturated/α-hetero) is 3. The molecule has 4 heteroatoms. The molecular formula is C19H16O4. The minimum absolute atomic E-state index is 0.00937. The van der Waals surface area contributed by atoms with Crippen LogP contribution in [0.25, 0.3) is 0 Å². The quantitative estimate of drug-likeness (QED) is 0.815. The Bertz CT molecular complexity index is 803. The summed E-state index contributed by atoms with van der Waals surface area (Å²) in [5.41, 5.74) is 2.45. The Morgan fingerprint density at radius 3 is 2.17 bits per heavy atom. The Balaban J connectivity index is 1.91. The number of rotatable bonds is 3. The number of hydrogen-bond donors (Lipinski definition) is 0. The summed E-state index contributed by atoms with van der Waals surface area (Å²) in [5.74, 6) is -0.0430. The van der Waals surface area contributed by atoms with E-state index in [2.05, 4.69) is 0 Å². The van der Waals surface area contributed by atoms with Gasteiger partial charge in [-0.3, -0.25) is 14.4 Å². The van der Waals surface area contributed by atoms with Gasteiger partial charge in [-0.2, -0.15) is 0 Å². The largest absolute Gasteiger partial charge is 0.492 e. The number of carbonyl (C=O) groups is 3. The molecule has 0 N–H and O–H groups in total. The van der Waals surface area contributed by atoms with E-state index >= 15 is 0 Å². The molecule has 3 rings (SSSR count). The molecule has 0 saturated heterocycles. The van der Waals surface area contributed by atoms with Crippen molar-refractivity contribution in [2.24, 2.45) is 0 Å². The van der Waals surface area contributed by atoms with Gasteiger partial charge in [0.2, 0.25) is 0 Å². The summed E-state index contributed by atoms with van der Waals surface area (Å²) in [6.45, 7) is 3.21. The topological polar surface area (TPSA) is 60.4 Å². The Hall–Kier alpha value is -2.75. The summed E-state index contributed by atoms with van der Waals surface area (Å²) >= 11 is 0. The Morgan fingerprint density at radius 2 is 1.57 bits per heavy atom. The van der Waals surface area contributed by atoms with Gasteiger partial charge in [0.05, 0.1) is 11.5 Å². The minimum atomic E-state index is -0.397. The highest BCUT2D eigenvalue weighted by Crippen LogP contribution is 2.33. The molecule has 0 aliphatic carbocycles. The SMILES string of the molecule is CC(=O)c1ccc(C2COc3cc(C(C)=O)ccc3C2=O)cc1. The van der Waals surface area contributed by atoms with E-state index in [0.29, 0.717) is 22.4 Å². The van der Waals surface area contributed by atoms with Crippen LogP contribution in [-0.2, 0) is 0 Å². The molecule has 2 aromatic rings. The molecule has 4 nitrogen and oxygen atoms in total. The number of carbonyl (C=O) groups excluding carboxylic acids is 3. The van der Waals surface area contributed by atoms with Gasteiger partial charge >= 0.3 is 0 Å². The van der Waals surface area contributed by atoms with Gasteiger partial charge in [0, 0.05) is 11.1 Å². The van der Waals surface area contributed by atoms with Crippen LogP contribution in [0, 0.1) is 0 Å². The van der Waals surface area contributed by atoms with Crippen LogP contribution in [0.4, 0.5) is 0 Å². The second kappa shape index (κ2) is 5.80. The Morgan fingerprint density at radius 1 is 0.957 bits per heavy atom. The fraction of sp³-hybridized carbons (Fsp3) is 0.211. The molecule has 0 bridgehead atoms. The fourth-order valence-electron chi connectivity index (χ4n) is 2.70. The third-order valence-corrected chi connectivity index (χ3v) is 4.10. The van der Waals surface area contributed by atoms with Crippen LogP contribution in [0.15, 0.2) is 42.5 Å². The maximum absolute atomic E-state index is 12.7. The van der Waals surface area contributed by atoms with E-state index < -0.39 is 5.92 Å². The average molecular weight is 308 g/mol. The predicted octanol–water partition coefficient (Wildman–Crippen LogP) is 3.45. The highest BCUT2D eigenvalue weighted by Gasteiger charge is 2.30. The normalized spacial score (nSPS) is 16.4. The molecule has 0 amide bonds. The molecule has 23 heavy (non-hydrogen) atoms. The molecule has 0 fully saturated rings. The number of ketones is 3. The summed E-state index contributed by atoms with van der Waals surface area (Å²) in [6.07, 6.45) is 0. The van der Waals surface area contributed by atoms with Gasteiger partial charge in [-0.25, -0.2) is 0 Å². The van der Waals surface area contributed by atoms with Crippen molar-refractivity contribution in [2.75, 3.05) is 6.61 Å². The third-order valence-electron chi connectivity index (χ3n) is 4.10. The number of hydrogen-bond acceptors (Lipinski definition) is 4. The van der Waals surface area contributed by atoms with E-state index in [9.17, 15) is 14.4 Å². The van der Waals surface area contributed by atoms with Crippen LogP contribution in [0.2, 0.25) is 0 Å². The lowest BCUT2D eigenvalue weighted by molar-refractivity contribution is 0.0893. The number of benzene rings is 2. The van der Waals surface area contributed by atoms with Crippen LogP contribution in [0.3, 0.4) is 0 Å². The third kappa shape index (κ3) is 2.80. The summed E-state index contributed by atoms with van der Waals surface area (Å²) in [5, 5.41) is 0. The van der Waals surface area contributed by atoms with E-state index in [-0.39, 0.29) is 24.0 Å².